The molecule has 1 aliphatic heterocycles. The van der Waals surface area contributed by atoms with E-state index in [0.29, 0.717) is 19.4 Å². The number of amides is 1. The molecule has 1 saturated heterocycles. The Bertz CT molecular complexity index is 296. The van der Waals surface area contributed by atoms with Crippen molar-refractivity contribution in [2.45, 2.75) is 45.7 Å². The lowest BCUT2D eigenvalue weighted by Crippen LogP contribution is -2.46. The lowest BCUT2D eigenvalue weighted by atomic mass is 9.87. The minimum atomic E-state index is -0.947. The second kappa shape index (κ2) is 4.41. The molecule has 92 valence electrons. The first-order chi connectivity index (χ1) is 7.22. The van der Waals surface area contributed by atoms with E-state index in [2.05, 4.69) is 0 Å². The molecule has 3 N–H and O–H groups in total. The second-order valence-electron chi connectivity index (χ2n) is 5.55. The van der Waals surface area contributed by atoms with Gasteiger partial charge in [-0.3, -0.25) is 4.79 Å². The Morgan fingerprint density at radius 3 is 2.50 bits per heavy atom. The average Bonchev–Trinajstić information content (AvgIpc) is 2.42. The normalized spacial score (nSPS) is 23.6. The number of nitrogens with two attached hydrogens (primary N) is 1. The summed E-state index contributed by atoms with van der Waals surface area (Å²) in [5.41, 5.74) is 5.46. The first-order valence-corrected chi connectivity index (χ1v) is 5.51. The maximum absolute atomic E-state index is 11.7. The van der Waals surface area contributed by atoms with Crippen LogP contribution in [0.15, 0.2) is 0 Å². The lowest BCUT2D eigenvalue weighted by molar-refractivity contribution is -0.149. The van der Waals surface area contributed by atoms with Gasteiger partial charge in [0.1, 0.15) is 6.04 Å². The number of nitrogens with zero attached hydrogens (tertiary/aromatic N) is 1. The van der Waals surface area contributed by atoms with Gasteiger partial charge in [0.15, 0.2) is 0 Å². The molecule has 1 rings (SSSR count). The summed E-state index contributed by atoms with van der Waals surface area (Å²) in [4.78, 5) is 24.3. The van der Waals surface area contributed by atoms with Crippen molar-refractivity contribution in [1.82, 2.24) is 4.90 Å². The van der Waals surface area contributed by atoms with Gasteiger partial charge in [0, 0.05) is 6.54 Å². The molecular weight excluding hydrogens is 208 g/mol. The Labute approximate surface area is 95.6 Å². The Kier molecular flexibility index (Phi) is 3.57. The van der Waals surface area contributed by atoms with Crippen molar-refractivity contribution < 1.29 is 14.7 Å². The molecule has 0 saturated carbocycles. The summed E-state index contributed by atoms with van der Waals surface area (Å²) in [7, 11) is 0. The van der Waals surface area contributed by atoms with Gasteiger partial charge in [-0.2, -0.15) is 0 Å². The highest BCUT2D eigenvalue weighted by atomic mass is 16.4. The van der Waals surface area contributed by atoms with Crippen LogP contribution in [0.2, 0.25) is 0 Å². The standard InChI is InChI=1S/C11H20N2O3/c1-11(2,3)6-8(10(15)16)13-5-4-7(12)9(13)14/h7-8H,4-6,12H2,1-3H3,(H,15,16)/t7-,8-/m1/s1. The van der Waals surface area contributed by atoms with E-state index in [1.54, 1.807) is 0 Å². The zero-order chi connectivity index (χ0) is 12.5. The quantitative estimate of drug-likeness (QED) is 0.734. The summed E-state index contributed by atoms with van der Waals surface area (Å²) in [6.07, 6.45) is 0.994. The van der Waals surface area contributed by atoms with E-state index in [9.17, 15) is 9.59 Å². The fourth-order valence-corrected chi connectivity index (χ4v) is 1.95. The van der Waals surface area contributed by atoms with Crippen LogP contribution < -0.4 is 5.73 Å². The van der Waals surface area contributed by atoms with Crippen molar-refractivity contribution in [2.75, 3.05) is 6.54 Å². The van der Waals surface area contributed by atoms with E-state index in [0.717, 1.165) is 0 Å². The highest BCUT2D eigenvalue weighted by Gasteiger charge is 2.38. The Morgan fingerprint density at radius 1 is 1.62 bits per heavy atom. The number of rotatable bonds is 3. The number of carbonyl (C=O) groups excluding carboxylic acids is 1. The Balaban J connectivity index is 2.79. The highest BCUT2D eigenvalue weighted by molar-refractivity contribution is 5.88. The number of carboxylic acid groups (broad SMARTS) is 1. The molecule has 0 aromatic carbocycles. The summed E-state index contributed by atoms with van der Waals surface area (Å²) in [5.74, 6) is -1.19. The predicted molar refractivity (Wildman–Crippen MR) is 59.8 cm³/mol. The third kappa shape index (κ3) is 2.95. The van der Waals surface area contributed by atoms with Crippen LogP contribution in [-0.4, -0.2) is 40.5 Å². The van der Waals surface area contributed by atoms with Gasteiger partial charge in [-0.1, -0.05) is 20.8 Å². The predicted octanol–water partition coefficient (Wildman–Crippen LogP) is 0.435. The van der Waals surface area contributed by atoms with Gasteiger partial charge in [-0.15, -0.1) is 0 Å². The molecule has 16 heavy (non-hydrogen) atoms. The zero-order valence-electron chi connectivity index (χ0n) is 10.1. The van der Waals surface area contributed by atoms with Crippen LogP contribution in [0.5, 0.6) is 0 Å². The molecule has 1 amide bonds. The monoisotopic (exact) mass is 228 g/mol. The van der Waals surface area contributed by atoms with Gasteiger partial charge in [0.05, 0.1) is 6.04 Å². The van der Waals surface area contributed by atoms with Crippen LogP contribution in [0, 0.1) is 5.41 Å². The fraction of sp³-hybridized carbons (Fsp3) is 0.818. The Hall–Kier alpha value is -1.10. The summed E-state index contributed by atoms with van der Waals surface area (Å²) in [5, 5.41) is 9.17. The summed E-state index contributed by atoms with van der Waals surface area (Å²) < 4.78 is 0. The topological polar surface area (TPSA) is 83.6 Å². The molecule has 0 bridgehead atoms. The van der Waals surface area contributed by atoms with Crippen LogP contribution in [0.1, 0.15) is 33.6 Å². The number of hydrogen-bond donors (Lipinski definition) is 2. The number of aliphatic carboxylic acids is 1. The van der Waals surface area contributed by atoms with Gasteiger partial charge >= 0.3 is 5.97 Å². The molecule has 0 unspecified atom stereocenters. The van der Waals surface area contributed by atoms with Crippen LogP contribution in [0.4, 0.5) is 0 Å². The van der Waals surface area contributed by atoms with Crippen molar-refractivity contribution in [2.24, 2.45) is 11.1 Å². The average molecular weight is 228 g/mol. The molecule has 0 aromatic rings. The van der Waals surface area contributed by atoms with Crippen LogP contribution in [0.3, 0.4) is 0 Å². The molecule has 5 heteroatoms. The number of likely N-dealkylation sites (tertiary alicyclic amines) is 1. The number of hydrogen-bond acceptors (Lipinski definition) is 3. The largest absolute Gasteiger partial charge is 0.480 e. The third-order valence-electron chi connectivity index (χ3n) is 2.75. The highest BCUT2D eigenvalue weighted by Crippen LogP contribution is 2.26. The smallest absolute Gasteiger partial charge is 0.326 e. The fourth-order valence-electron chi connectivity index (χ4n) is 1.95. The SMILES string of the molecule is CC(C)(C)C[C@H](C(=O)O)N1CC[C@@H](N)C1=O. The molecule has 2 atom stereocenters. The minimum absolute atomic E-state index is 0.129. The third-order valence-corrected chi connectivity index (χ3v) is 2.75. The molecule has 0 spiro atoms. The first kappa shape index (κ1) is 13.0. The van der Waals surface area contributed by atoms with Crippen LogP contribution >= 0.6 is 0 Å². The van der Waals surface area contributed by atoms with Crippen molar-refractivity contribution >= 4 is 11.9 Å². The minimum Gasteiger partial charge on any atom is -0.480 e. The molecular formula is C11H20N2O3. The number of carboxylic acids is 1. The van der Waals surface area contributed by atoms with Gasteiger partial charge in [-0.05, 0) is 18.3 Å². The number of carbonyl (C=O) groups is 2. The summed E-state index contributed by atoms with van der Waals surface area (Å²) in [6.45, 7) is 6.34. The molecule has 0 aliphatic carbocycles. The zero-order valence-corrected chi connectivity index (χ0v) is 10.1. The van der Waals surface area contributed by atoms with E-state index in [-0.39, 0.29) is 11.3 Å². The molecule has 5 nitrogen and oxygen atoms in total. The van der Waals surface area contributed by atoms with Crippen molar-refractivity contribution in [3.63, 3.8) is 0 Å². The summed E-state index contributed by atoms with van der Waals surface area (Å²) in [6, 6.07) is -1.28. The lowest BCUT2D eigenvalue weighted by Gasteiger charge is -2.30. The van der Waals surface area contributed by atoms with Crippen molar-refractivity contribution in [1.29, 1.82) is 0 Å². The maximum Gasteiger partial charge on any atom is 0.326 e. The van der Waals surface area contributed by atoms with E-state index in [4.69, 9.17) is 10.8 Å². The van der Waals surface area contributed by atoms with E-state index < -0.39 is 18.1 Å². The Morgan fingerprint density at radius 2 is 2.19 bits per heavy atom. The second-order valence-corrected chi connectivity index (χ2v) is 5.55. The maximum atomic E-state index is 11.7. The van der Waals surface area contributed by atoms with Crippen LogP contribution in [-0.2, 0) is 9.59 Å². The molecule has 1 fully saturated rings. The van der Waals surface area contributed by atoms with Gasteiger partial charge in [0.2, 0.25) is 5.91 Å². The molecule has 1 heterocycles. The molecule has 1 aliphatic rings. The van der Waals surface area contributed by atoms with E-state index in [1.165, 1.54) is 4.90 Å². The van der Waals surface area contributed by atoms with Crippen LogP contribution in [0.25, 0.3) is 0 Å². The molecule has 0 aromatic heterocycles. The summed E-state index contributed by atoms with van der Waals surface area (Å²) >= 11 is 0. The first-order valence-electron chi connectivity index (χ1n) is 5.51. The van der Waals surface area contributed by atoms with Gasteiger partial charge in [0.25, 0.3) is 0 Å². The van der Waals surface area contributed by atoms with Crippen molar-refractivity contribution in [3.8, 4) is 0 Å². The molecule has 0 radical (unpaired) electrons. The van der Waals surface area contributed by atoms with E-state index >= 15 is 0 Å². The van der Waals surface area contributed by atoms with Crippen molar-refractivity contribution in [3.05, 3.63) is 0 Å². The van der Waals surface area contributed by atoms with Gasteiger partial charge < -0.3 is 15.7 Å². The van der Waals surface area contributed by atoms with Gasteiger partial charge in [-0.25, -0.2) is 4.79 Å². The van der Waals surface area contributed by atoms with E-state index in [1.807, 2.05) is 20.8 Å².